The molecule has 0 bridgehead atoms. The number of hydrogen-bond donors (Lipinski definition) is 1. The Balaban J connectivity index is 2.33. The number of rotatable bonds is 8. The maximum Gasteiger partial charge on any atom is 0.243 e. The summed E-state index contributed by atoms with van der Waals surface area (Å²) in [6, 6.07) is 17.4. The molecular formula is C23H30N2O2. The number of aryl methyl sites for hydroxylation is 1. The van der Waals surface area contributed by atoms with Crippen molar-refractivity contribution in [1.29, 1.82) is 0 Å². The smallest absolute Gasteiger partial charge is 0.243 e. The van der Waals surface area contributed by atoms with Crippen LogP contribution in [0.5, 0.6) is 0 Å². The van der Waals surface area contributed by atoms with Crippen LogP contribution in [0.1, 0.15) is 43.9 Å². The van der Waals surface area contributed by atoms with E-state index in [1.807, 2.05) is 82.3 Å². The molecule has 0 unspecified atom stereocenters. The van der Waals surface area contributed by atoms with Crippen molar-refractivity contribution >= 4 is 11.8 Å². The third-order valence-corrected chi connectivity index (χ3v) is 4.48. The molecule has 0 aromatic heterocycles. The zero-order valence-electron chi connectivity index (χ0n) is 16.7. The van der Waals surface area contributed by atoms with E-state index in [1.165, 1.54) is 5.56 Å². The van der Waals surface area contributed by atoms with Crippen LogP contribution < -0.4 is 5.32 Å². The lowest BCUT2D eigenvalue weighted by atomic mass is 10.0. The number of amides is 2. The predicted molar refractivity (Wildman–Crippen MR) is 109 cm³/mol. The van der Waals surface area contributed by atoms with E-state index in [-0.39, 0.29) is 17.9 Å². The van der Waals surface area contributed by atoms with E-state index in [0.717, 1.165) is 11.1 Å². The van der Waals surface area contributed by atoms with Crippen LogP contribution in [0.3, 0.4) is 0 Å². The highest BCUT2D eigenvalue weighted by molar-refractivity contribution is 5.88. The van der Waals surface area contributed by atoms with Gasteiger partial charge >= 0.3 is 0 Å². The highest BCUT2D eigenvalue weighted by Crippen LogP contribution is 2.16. The van der Waals surface area contributed by atoms with Crippen LogP contribution in [0.15, 0.2) is 54.6 Å². The maximum absolute atomic E-state index is 13.0. The summed E-state index contributed by atoms with van der Waals surface area (Å²) in [4.78, 5) is 27.4. The lowest BCUT2D eigenvalue weighted by molar-refractivity contribution is -0.141. The minimum absolute atomic E-state index is 0.0181. The standard InChI is InChI=1S/C23H30N2O2/c1-5-22(26)25(16-20-13-11-18(4)12-14-20)21(23(27)24-17(2)3)15-19-9-7-6-8-10-19/h6-14,17,21H,5,15-16H2,1-4H3,(H,24,27)/t21-/m0/s1. The van der Waals surface area contributed by atoms with Crippen molar-refractivity contribution in [3.05, 3.63) is 71.3 Å². The van der Waals surface area contributed by atoms with Gasteiger partial charge in [-0.1, -0.05) is 67.1 Å². The molecule has 2 rings (SSSR count). The molecule has 0 heterocycles. The van der Waals surface area contributed by atoms with Gasteiger partial charge in [-0.15, -0.1) is 0 Å². The summed E-state index contributed by atoms with van der Waals surface area (Å²) in [6.07, 6.45) is 0.864. The van der Waals surface area contributed by atoms with Crippen LogP contribution in [0.2, 0.25) is 0 Å². The summed E-state index contributed by atoms with van der Waals surface area (Å²) in [6.45, 7) is 8.17. The third-order valence-electron chi connectivity index (χ3n) is 4.48. The first-order chi connectivity index (χ1) is 12.9. The van der Waals surface area contributed by atoms with Gasteiger partial charge in [0.1, 0.15) is 6.04 Å². The molecule has 1 atom stereocenters. The van der Waals surface area contributed by atoms with E-state index in [0.29, 0.717) is 19.4 Å². The molecule has 0 aliphatic heterocycles. The minimum atomic E-state index is -0.538. The highest BCUT2D eigenvalue weighted by Gasteiger charge is 2.29. The first kappa shape index (κ1) is 20.7. The average Bonchev–Trinajstić information content (AvgIpc) is 2.65. The van der Waals surface area contributed by atoms with Crippen LogP contribution in [0.25, 0.3) is 0 Å². The summed E-state index contributed by atoms with van der Waals surface area (Å²) >= 11 is 0. The van der Waals surface area contributed by atoms with Crippen LogP contribution in [0.4, 0.5) is 0 Å². The van der Waals surface area contributed by atoms with E-state index in [2.05, 4.69) is 5.32 Å². The molecule has 1 N–H and O–H groups in total. The number of carbonyl (C=O) groups excluding carboxylic acids is 2. The van der Waals surface area contributed by atoms with E-state index in [1.54, 1.807) is 4.90 Å². The van der Waals surface area contributed by atoms with Crippen molar-refractivity contribution in [1.82, 2.24) is 10.2 Å². The molecule has 2 aromatic rings. The van der Waals surface area contributed by atoms with Crippen molar-refractivity contribution in [3.8, 4) is 0 Å². The molecule has 2 aromatic carbocycles. The summed E-state index contributed by atoms with van der Waals surface area (Å²) in [5.41, 5.74) is 3.24. The van der Waals surface area contributed by atoms with E-state index in [4.69, 9.17) is 0 Å². The monoisotopic (exact) mass is 366 g/mol. The van der Waals surface area contributed by atoms with E-state index < -0.39 is 6.04 Å². The molecule has 144 valence electrons. The van der Waals surface area contributed by atoms with Gasteiger partial charge in [-0.25, -0.2) is 0 Å². The largest absolute Gasteiger partial charge is 0.352 e. The summed E-state index contributed by atoms with van der Waals surface area (Å²) in [7, 11) is 0. The van der Waals surface area contributed by atoms with Gasteiger partial charge in [-0.3, -0.25) is 9.59 Å². The van der Waals surface area contributed by atoms with E-state index >= 15 is 0 Å². The summed E-state index contributed by atoms with van der Waals surface area (Å²) < 4.78 is 0. The fraction of sp³-hybridized carbons (Fsp3) is 0.391. The lowest BCUT2D eigenvalue weighted by Crippen LogP contribution is -2.51. The zero-order chi connectivity index (χ0) is 19.8. The molecular weight excluding hydrogens is 336 g/mol. The molecule has 0 radical (unpaired) electrons. The first-order valence-corrected chi connectivity index (χ1v) is 9.60. The number of carbonyl (C=O) groups is 2. The molecule has 0 spiro atoms. The van der Waals surface area contributed by atoms with Gasteiger partial charge in [0.05, 0.1) is 0 Å². The van der Waals surface area contributed by atoms with Crippen molar-refractivity contribution in [2.75, 3.05) is 0 Å². The fourth-order valence-corrected chi connectivity index (χ4v) is 3.03. The Morgan fingerprint density at radius 1 is 0.963 bits per heavy atom. The van der Waals surface area contributed by atoms with Gasteiger partial charge in [-0.2, -0.15) is 0 Å². The van der Waals surface area contributed by atoms with Crippen molar-refractivity contribution < 1.29 is 9.59 Å². The fourth-order valence-electron chi connectivity index (χ4n) is 3.03. The Labute approximate surface area is 162 Å². The van der Waals surface area contributed by atoms with Gasteiger partial charge in [0, 0.05) is 25.4 Å². The average molecular weight is 367 g/mol. The Kier molecular flexibility index (Phi) is 7.59. The molecule has 0 saturated carbocycles. The lowest BCUT2D eigenvalue weighted by Gasteiger charge is -2.32. The van der Waals surface area contributed by atoms with Crippen molar-refractivity contribution in [2.24, 2.45) is 0 Å². The van der Waals surface area contributed by atoms with Crippen molar-refractivity contribution in [3.63, 3.8) is 0 Å². The Morgan fingerprint density at radius 2 is 1.59 bits per heavy atom. The molecule has 0 aliphatic rings. The Bertz CT molecular complexity index is 739. The number of nitrogens with zero attached hydrogens (tertiary/aromatic N) is 1. The first-order valence-electron chi connectivity index (χ1n) is 9.60. The molecule has 4 heteroatoms. The minimum Gasteiger partial charge on any atom is -0.352 e. The normalized spacial score (nSPS) is 11.9. The Morgan fingerprint density at radius 3 is 2.15 bits per heavy atom. The van der Waals surface area contributed by atoms with Gasteiger partial charge < -0.3 is 10.2 Å². The molecule has 0 aliphatic carbocycles. The van der Waals surface area contributed by atoms with Crippen LogP contribution in [-0.2, 0) is 22.6 Å². The molecule has 0 fully saturated rings. The van der Waals surface area contributed by atoms with Crippen LogP contribution in [-0.4, -0.2) is 28.8 Å². The summed E-state index contributed by atoms with van der Waals surface area (Å²) in [5, 5.41) is 2.98. The van der Waals surface area contributed by atoms with Crippen molar-refractivity contribution in [2.45, 2.75) is 59.2 Å². The SMILES string of the molecule is CCC(=O)N(Cc1ccc(C)cc1)[C@@H](Cc1ccccc1)C(=O)NC(C)C. The predicted octanol–water partition coefficient (Wildman–Crippen LogP) is 3.87. The second-order valence-corrected chi connectivity index (χ2v) is 7.23. The Hall–Kier alpha value is -2.62. The number of nitrogens with one attached hydrogen (secondary N) is 1. The number of hydrogen-bond acceptors (Lipinski definition) is 2. The van der Waals surface area contributed by atoms with Gasteiger partial charge in [0.15, 0.2) is 0 Å². The number of benzene rings is 2. The maximum atomic E-state index is 13.0. The topological polar surface area (TPSA) is 49.4 Å². The quantitative estimate of drug-likeness (QED) is 0.771. The van der Waals surface area contributed by atoms with E-state index in [9.17, 15) is 9.59 Å². The third kappa shape index (κ3) is 6.24. The molecule has 27 heavy (non-hydrogen) atoms. The molecule has 2 amide bonds. The van der Waals surface area contributed by atoms with Gasteiger partial charge in [-0.05, 0) is 31.9 Å². The highest BCUT2D eigenvalue weighted by atomic mass is 16.2. The van der Waals surface area contributed by atoms with Gasteiger partial charge in [0.25, 0.3) is 0 Å². The second-order valence-electron chi connectivity index (χ2n) is 7.23. The summed E-state index contributed by atoms with van der Waals surface area (Å²) in [5.74, 6) is -0.127. The van der Waals surface area contributed by atoms with Gasteiger partial charge in [0.2, 0.25) is 11.8 Å². The van der Waals surface area contributed by atoms with Crippen LogP contribution in [0, 0.1) is 6.92 Å². The van der Waals surface area contributed by atoms with Crippen LogP contribution >= 0.6 is 0 Å². The molecule has 4 nitrogen and oxygen atoms in total. The molecule has 0 saturated heterocycles. The zero-order valence-corrected chi connectivity index (χ0v) is 16.7. The second kappa shape index (κ2) is 9.91.